The molecule has 2 heterocycles. The Morgan fingerprint density at radius 2 is 1.88 bits per heavy atom. The number of piperazine rings is 1. The molecule has 0 bridgehead atoms. The van der Waals surface area contributed by atoms with Crippen molar-refractivity contribution < 1.29 is 9.59 Å². The Hall–Kier alpha value is -2.99. The van der Waals surface area contributed by atoms with Crippen LogP contribution in [0.1, 0.15) is 21.5 Å². The molecule has 0 radical (unpaired) electrons. The highest BCUT2D eigenvalue weighted by atomic mass is 16.2. The summed E-state index contributed by atoms with van der Waals surface area (Å²) in [6.07, 6.45) is 4.99. The first kappa shape index (κ1) is 17.8. The van der Waals surface area contributed by atoms with E-state index in [1.54, 1.807) is 41.6 Å². The molecule has 2 N–H and O–H groups in total. The Balaban J connectivity index is 1.84. The summed E-state index contributed by atoms with van der Waals surface area (Å²) in [5, 5.41) is 6.00. The number of benzene rings is 1. The third kappa shape index (κ3) is 4.55. The molecule has 0 atom stereocenters. The normalized spacial score (nSPS) is 14.8. The van der Waals surface area contributed by atoms with Crippen LogP contribution in [0, 0.1) is 6.92 Å². The van der Waals surface area contributed by atoms with Crippen molar-refractivity contribution in [3.8, 4) is 0 Å². The molecule has 6 nitrogen and oxygen atoms in total. The van der Waals surface area contributed by atoms with Crippen molar-refractivity contribution in [3.63, 3.8) is 0 Å². The van der Waals surface area contributed by atoms with Gasteiger partial charge in [0.05, 0.1) is 0 Å². The molecule has 1 aromatic heterocycles. The van der Waals surface area contributed by atoms with Crippen molar-refractivity contribution in [2.45, 2.75) is 6.92 Å². The summed E-state index contributed by atoms with van der Waals surface area (Å²) in [6.45, 7) is 4.69. The highest BCUT2D eigenvalue weighted by Gasteiger charge is 2.22. The largest absolute Gasteiger partial charge is 0.335 e. The molecule has 1 saturated heterocycles. The van der Waals surface area contributed by atoms with Crippen LogP contribution in [0.25, 0.3) is 6.08 Å². The van der Waals surface area contributed by atoms with E-state index < -0.39 is 0 Å². The summed E-state index contributed by atoms with van der Waals surface area (Å²) >= 11 is 0. The van der Waals surface area contributed by atoms with Crippen LogP contribution in [0.2, 0.25) is 0 Å². The first-order chi connectivity index (χ1) is 12.6. The number of aromatic nitrogens is 1. The third-order valence-electron chi connectivity index (χ3n) is 4.19. The lowest BCUT2D eigenvalue weighted by Crippen LogP contribution is -2.48. The van der Waals surface area contributed by atoms with Crippen molar-refractivity contribution in [2.75, 3.05) is 26.2 Å². The van der Waals surface area contributed by atoms with Crippen molar-refractivity contribution in [3.05, 3.63) is 71.2 Å². The van der Waals surface area contributed by atoms with E-state index in [1.807, 2.05) is 25.1 Å². The van der Waals surface area contributed by atoms with E-state index in [9.17, 15) is 9.59 Å². The maximum atomic E-state index is 12.9. The minimum Gasteiger partial charge on any atom is -0.335 e. The molecule has 134 valence electrons. The second-order valence-electron chi connectivity index (χ2n) is 6.21. The summed E-state index contributed by atoms with van der Waals surface area (Å²) in [5.74, 6) is -0.487. The zero-order valence-electron chi connectivity index (χ0n) is 14.7. The van der Waals surface area contributed by atoms with Crippen LogP contribution in [0.4, 0.5) is 0 Å². The Bertz CT molecular complexity index is 794. The lowest BCUT2D eigenvalue weighted by atomic mass is 10.1. The molecule has 2 amide bonds. The fourth-order valence-corrected chi connectivity index (χ4v) is 2.72. The van der Waals surface area contributed by atoms with Crippen LogP contribution in [-0.4, -0.2) is 47.9 Å². The predicted octanol–water partition coefficient (Wildman–Crippen LogP) is 1.59. The van der Waals surface area contributed by atoms with Crippen LogP contribution in [-0.2, 0) is 4.79 Å². The molecule has 3 rings (SSSR count). The fourth-order valence-electron chi connectivity index (χ4n) is 2.72. The maximum absolute atomic E-state index is 12.9. The second kappa shape index (κ2) is 8.40. The number of hydrogen-bond acceptors (Lipinski definition) is 4. The highest BCUT2D eigenvalue weighted by Crippen LogP contribution is 2.10. The minimum absolute atomic E-state index is 0.184. The van der Waals surface area contributed by atoms with Gasteiger partial charge in [0.1, 0.15) is 5.70 Å². The lowest BCUT2D eigenvalue weighted by Gasteiger charge is -2.28. The van der Waals surface area contributed by atoms with E-state index in [4.69, 9.17) is 0 Å². The monoisotopic (exact) mass is 350 g/mol. The summed E-state index contributed by atoms with van der Waals surface area (Å²) in [6, 6.07) is 10.9. The highest BCUT2D eigenvalue weighted by molar-refractivity contribution is 6.05. The van der Waals surface area contributed by atoms with Gasteiger partial charge in [-0.25, -0.2) is 0 Å². The van der Waals surface area contributed by atoms with Crippen LogP contribution in [0.3, 0.4) is 0 Å². The third-order valence-corrected chi connectivity index (χ3v) is 4.19. The zero-order chi connectivity index (χ0) is 18.4. The Morgan fingerprint density at radius 1 is 1.15 bits per heavy atom. The van der Waals surface area contributed by atoms with Crippen LogP contribution < -0.4 is 10.6 Å². The van der Waals surface area contributed by atoms with E-state index in [1.165, 1.54) is 0 Å². The number of amides is 2. The van der Waals surface area contributed by atoms with Gasteiger partial charge in [-0.2, -0.15) is 0 Å². The molecular formula is C20H22N4O2. The zero-order valence-corrected chi connectivity index (χ0v) is 14.7. The number of nitrogens with zero attached hydrogens (tertiary/aromatic N) is 2. The first-order valence-corrected chi connectivity index (χ1v) is 8.63. The summed E-state index contributed by atoms with van der Waals surface area (Å²) in [4.78, 5) is 31.3. The van der Waals surface area contributed by atoms with E-state index in [-0.39, 0.29) is 17.5 Å². The summed E-state index contributed by atoms with van der Waals surface area (Å²) < 4.78 is 0. The maximum Gasteiger partial charge on any atom is 0.270 e. The van der Waals surface area contributed by atoms with Gasteiger partial charge in [-0.3, -0.25) is 14.6 Å². The Labute approximate surface area is 152 Å². The number of carbonyl (C=O) groups is 2. The number of hydrogen-bond donors (Lipinski definition) is 2. The molecule has 0 saturated carbocycles. The van der Waals surface area contributed by atoms with Gasteiger partial charge in [0, 0.05) is 44.1 Å². The van der Waals surface area contributed by atoms with Crippen LogP contribution in [0.5, 0.6) is 0 Å². The van der Waals surface area contributed by atoms with Crippen molar-refractivity contribution >= 4 is 17.9 Å². The van der Waals surface area contributed by atoms with Crippen molar-refractivity contribution in [2.24, 2.45) is 0 Å². The van der Waals surface area contributed by atoms with E-state index in [2.05, 4.69) is 15.6 Å². The molecule has 6 heteroatoms. The number of pyridine rings is 1. The first-order valence-electron chi connectivity index (χ1n) is 8.63. The molecule has 26 heavy (non-hydrogen) atoms. The smallest absolute Gasteiger partial charge is 0.270 e. The average molecular weight is 350 g/mol. The van der Waals surface area contributed by atoms with Crippen molar-refractivity contribution in [1.82, 2.24) is 20.5 Å². The van der Waals surface area contributed by atoms with Gasteiger partial charge in [0.2, 0.25) is 0 Å². The molecule has 0 unspecified atom stereocenters. The van der Waals surface area contributed by atoms with Gasteiger partial charge < -0.3 is 15.5 Å². The van der Waals surface area contributed by atoms with Gasteiger partial charge >= 0.3 is 0 Å². The van der Waals surface area contributed by atoms with E-state index in [0.717, 1.165) is 24.2 Å². The molecule has 2 aromatic rings. The van der Waals surface area contributed by atoms with Gasteiger partial charge in [-0.1, -0.05) is 23.8 Å². The molecule has 1 aliphatic heterocycles. The van der Waals surface area contributed by atoms with Crippen LogP contribution >= 0.6 is 0 Å². The Morgan fingerprint density at radius 3 is 2.54 bits per heavy atom. The SMILES string of the molecule is Cc1ccc(C(=O)N/C(=C/c2cccnc2)C(=O)N2CCNCC2)cc1. The lowest BCUT2D eigenvalue weighted by molar-refractivity contribution is -0.127. The topological polar surface area (TPSA) is 74.3 Å². The molecule has 0 spiro atoms. The molecule has 1 fully saturated rings. The molecule has 1 aliphatic rings. The summed E-state index contributed by atoms with van der Waals surface area (Å²) in [7, 11) is 0. The average Bonchev–Trinajstić information content (AvgIpc) is 2.69. The number of nitrogens with one attached hydrogen (secondary N) is 2. The van der Waals surface area contributed by atoms with Gasteiger partial charge in [0.25, 0.3) is 11.8 Å². The standard InChI is InChI=1S/C20H22N4O2/c1-15-4-6-17(7-5-15)19(25)23-18(13-16-3-2-8-22-14-16)20(26)24-11-9-21-10-12-24/h2-8,13-14,21H,9-12H2,1H3,(H,23,25)/b18-13+. The van der Waals surface area contributed by atoms with Gasteiger partial charge in [-0.05, 0) is 36.8 Å². The van der Waals surface area contributed by atoms with E-state index in [0.29, 0.717) is 18.7 Å². The number of rotatable bonds is 4. The van der Waals surface area contributed by atoms with Gasteiger partial charge in [0.15, 0.2) is 0 Å². The molecular weight excluding hydrogens is 328 g/mol. The second-order valence-corrected chi connectivity index (χ2v) is 6.21. The van der Waals surface area contributed by atoms with E-state index >= 15 is 0 Å². The molecule has 1 aromatic carbocycles. The minimum atomic E-state index is -0.302. The van der Waals surface area contributed by atoms with Crippen LogP contribution in [0.15, 0.2) is 54.5 Å². The predicted molar refractivity (Wildman–Crippen MR) is 100 cm³/mol. The quantitative estimate of drug-likeness (QED) is 0.822. The van der Waals surface area contributed by atoms with Gasteiger partial charge in [-0.15, -0.1) is 0 Å². The fraction of sp³-hybridized carbons (Fsp3) is 0.250. The Kier molecular flexibility index (Phi) is 5.76. The van der Waals surface area contributed by atoms with Crippen molar-refractivity contribution in [1.29, 1.82) is 0 Å². The number of carbonyl (C=O) groups excluding carboxylic acids is 2. The number of aryl methyl sites for hydroxylation is 1. The summed E-state index contributed by atoms with van der Waals surface area (Å²) in [5.41, 5.74) is 2.60. The molecule has 0 aliphatic carbocycles.